The lowest BCUT2D eigenvalue weighted by molar-refractivity contribution is -0.133. The molecule has 280 valence electrons. The number of carbonyl (C=O) groups excluding carboxylic acids is 5. The van der Waals surface area contributed by atoms with Crippen LogP contribution in [0, 0.1) is 18.8 Å². The molecule has 5 amide bonds. The minimum atomic E-state index is -0.138. The molecular formula is C42H42N8O5. The molecule has 8 rings (SSSR count). The Morgan fingerprint density at radius 1 is 0.982 bits per heavy atom. The lowest BCUT2D eigenvalue weighted by atomic mass is 10.0. The van der Waals surface area contributed by atoms with E-state index in [1.807, 2.05) is 36.4 Å². The summed E-state index contributed by atoms with van der Waals surface area (Å²) >= 11 is 0. The van der Waals surface area contributed by atoms with Crippen LogP contribution in [0.5, 0.6) is 0 Å². The Balaban J connectivity index is 0.000000177. The van der Waals surface area contributed by atoms with Gasteiger partial charge in [-0.2, -0.15) is 0 Å². The van der Waals surface area contributed by atoms with Crippen molar-refractivity contribution in [1.29, 1.82) is 0 Å². The van der Waals surface area contributed by atoms with Crippen molar-refractivity contribution in [2.75, 3.05) is 13.1 Å². The van der Waals surface area contributed by atoms with Crippen molar-refractivity contribution in [1.82, 2.24) is 40.4 Å². The molecule has 13 nitrogen and oxygen atoms in total. The summed E-state index contributed by atoms with van der Waals surface area (Å²) in [6.07, 6.45) is 6.99. The zero-order valence-corrected chi connectivity index (χ0v) is 31.1. The van der Waals surface area contributed by atoms with Crippen LogP contribution < -0.4 is 16.0 Å². The second-order valence-corrected chi connectivity index (χ2v) is 13.2. The first-order chi connectivity index (χ1) is 26.7. The van der Waals surface area contributed by atoms with Gasteiger partial charge in [0.1, 0.15) is 5.82 Å². The van der Waals surface area contributed by atoms with Crippen LogP contribution in [0.4, 0.5) is 0 Å². The van der Waals surface area contributed by atoms with E-state index in [9.17, 15) is 24.0 Å². The first-order valence-electron chi connectivity index (χ1n) is 18.2. The predicted octanol–water partition coefficient (Wildman–Crippen LogP) is 4.23. The number of benzene rings is 2. The van der Waals surface area contributed by atoms with E-state index in [1.165, 1.54) is 0 Å². The third kappa shape index (κ3) is 8.93. The number of imidazole rings is 1. The molecule has 1 fully saturated rings. The molecule has 5 aromatic rings. The monoisotopic (exact) mass is 738 g/mol. The molecule has 0 atom stereocenters. The standard InChI is InChI=1S/C25H25N5O.C12H10N2O2.C5H7NO2/c1-4-24-28-25(23-15-29(17(3)31)10-11-30(23)24)20-7-5-6-18-12-22(27-14-21(18)20)19-9-8-16(2)26-13-19;15-8-13-6-2-4-9-3-1-5-10-11(9)7-14-12(10)16;7-4-2-1-3-5(8)6-4/h5-9,12-14H,4,10-11,15H2,1-3H3;1,3,5,8H,6-7H2,(H,13,15)(H,14,16);1-3H2,(H,6,7,8). The smallest absolute Gasteiger partial charge is 0.251 e. The fourth-order valence-electron chi connectivity index (χ4n) is 6.65. The number of rotatable bonds is 5. The molecular weight excluding hydrogens is 697 g/mol. The first kappa shape index (κ1) is 38.1. The molecule has 55 heavy (non-hydrogen) atoms. The van der Waals surface area contributed by atoms with Crippen molar-refractivity contribution in [3.8, 4) is 34.4 Å². The van der Waals surface area contributed by atoms with Crippen LogP contribution >= 0.6 is 0 Å². The fraction of sp³-hybridized carbons (Fsp3) is 0.286. The average molecular weight is 739 g/mol. The van der Waals surface area contributed by atoms with Crippen LogP contribution in [0.1, 0.15) is 71.8 Å². The summed E-state index contributed by atoms with van der Waals surface area (Å²) < 4.78 is 2.29. The van der Waals surface area contributed by atoms with E-state index >= 15 is 0 Å². The van der Waals surface area contributed by atoms with Gasteiger partial charge >= 0.3 is 0 Å². The summed E-state index contributed by atoms with van der Waals surface area (Å²) in [4.78, 5) is 70.1. The largest absolute Gasteiger partial charge is 0.348 e. The summed E-state index contributed by atoms with van der Waals surface area (Å²) in [7, 11) is 0. The van der Waals surface area contributed by atoms with Crippen molar-refractivity contribution < 1.29 is 24.0 Å². The molecule has 6 heterocycles. The zero-order valence-electron chi connectivity index (χ0n) is 31.1. The number of pyridine rings is 2. The van der Waals surface area contributed by atoms with Crippen molar-refractivity contribution >= 4 is 40.8 Å². The summed E-state index contributed by atoms with van der Waals surface area (Å²) in [5.74, 6) is 6.60. The van der Waals surface area contributed by atoms with E-state index in [4.69, 9.17) is 9.97 Å². The Kier molecular flexibility index (Phi) is 12.1. The van der Waals surface area contributed by atoms with Gasteiger partial charge in [0.25, 0.3) is 5.91 Å². The van der Waals surface area contributed by atoms with E-state index < -0.39 is 0 Å². The van der Waals surface area contributed by atoms with Gasteiger partial charge in [0.05, 0.1) is 30.2 Å². The molecule has 0 radical (unpaired) electrons. The van der Waals surface area contributed by atoms with Gasteiger partial charge in [0.2, 0.25) is 24.1 Å². The van der Waals surface area contributed by atoms with Crippen molar-refractivity contribution in [2.45, 2.75) is 66.1 Å². The summed E-state index contributed by atoms with van der Waals surface area (Å²) in [6, 6.07) is 17.9. The van der Waals surface area contributed by atoms with Crippen LogP contribution in [0.15, 0.2) is 67.0 Å². The first-order valence-corrected chi connectivity index (χ1v) is 18.2. The molecule has 0 saturated carbocycles. The maximum Gasteiger partial charge on any atom is 0.251 e. The second kappa shape index (κ2) is 17.4. The predicted molar refractivity (Wildman–Crippen MR) is 207 cm³/mol. The normalized spacial score (nSPS) is 14.1. The number of imide groups is 1. The highest BCUT2D eigenvalue weighted by Crippen LogP contribution is 2.34. The Labute approximate surface area is 319 Å². The number of fused-ring (bicyclic) bond motifs is 3. The Bertz CT molecular complexity index is 2320. The highest BCUT2D eigenvalue weighted by atomic mass is 16.2. The number of piperidine rings is 1. The van der Waals surface area contributed by atoms with E-state index in [2.05, 4.69) is 74.6 Å². The third-order valence-electron chi connectivity index (χ3n) is 9.50. The molecule has 0 spiro atoms. The number of nitrogens with one attached hydrogen (secondary N) is 3. The lowest BCUT2D eigenvalue weighted by Gasteiger charge is -2.28. The third-order valence-corrected chi connectivity index (χ3v) is 9.50. The van der Waals surface area contributed by atoms with Gasteiger partial charge in [-0.3, -0.25) is 39.3 Å². The average Bonchev–Trinajstić information content (AvgIpc) is 3.77. The van der Waals surface area contributed by atoms with Gasteiger partial charge in [-0.15, -0.1) is 0 Å². The van der Waals surface area contributed by atoms with Gasteiger partial charge in [0.15, 0.2) is 0 Å². The molecule has 13 heteroatoms. The number of nitrogens with zero attached hydrogens (tertiary/aromatic N) is 5. The van der Waals surface area contributed by atoms with Gasteiger partial charge in [-0.1, -0.05) is 43.0 Å². The SMILES string of the molecule is CCc1nc(-c2cccc3cc(-c4ccc(C)nc4)ncc23)c2n1CCN(C(C)=O)C2.O=C1CCCC(=O)N1.O=CNCC#Cc1cccc2c1CNC2=O. The molecule has 3 N–H and O–H groups in total. The van der Waals surface area contributed by atoms with Gasteiger partial charge < -0.3 is 20.1 Å². The zero-order chi connectivity index (χ0) is 38.9. The quantitative estimate of drug-likeness (QED) is 0.104. The van der Waals surface area contributed by atoms with E-state index in [-0.39, 0.29) is 23.6 Å². The summed E-state index contributed by atoms with van der Waals surface area (Å²) in [6.45, 7) is 8.70. The number of hydrogen-bond acceptors (Lipinski definition) is 8. The van der Waals surface area contributed by atoms with Crippen LogP contribution in [0.2, 0.25) is 0 Å². The van der Waals surface area contributed by atoms with E-state index in [1.54, 1.807) is 19.1 Å². The molecule has 3 aliphatic heterocycles. The maximum atomic E-state index is 12.0. The molecule has 2 aromatic carbocycles. The van der Waals surface area contributed by atoms with Crippen LogP contribution in [0.3, 0.4) is 0 Å². The minimum Gasteiger partial charge on any atom is -0.348 e. The van der Waals surface area contributed by atoms with E-state index in [0.717, 1.165) is 81.1 Å². The number of aryl methyl sites for hydroxylation is 2. The molecule has 3 aliphatic rings. The van der Waals surface area contributed by atoms with Gasteiger partial charge in [0, 0.05) is 91.5 Å². The van der Waals surface area contributed by atoms with Gasteiger partial charge in [-0.05, 0) is 54.6 Å². The Morgan fingerprint density at radius 3 is 2.45 bits per heavy atom. The Hall–Kier alpha value is -6.68. The maximum absolute atomic E-state index is 12.0. The van der Waals surface area contributed by atoms with Crippen molar-refractivity contribution in [2.24, 2.45) is 0 Å². The fourth-order valence-corrected chi connectivity index (χ4v) is 6.65. The number of aromatic nitrogens is 4. The molecule has 0 bridgehead atoms. The van der Waals surface area contributed by atoms with Crippen molar-refractivity contribution in [3.63, 3.8) is 0 Å². The van der Waals surface area contributed by atoms with Crippen LogP contribution in [0.25, 0.3) is 33.3 Å². The summed E-state index contributed by atoms with van der Waals surface area (Å²) in [5, 5.41) is 9.59. The van der Waals surface area contributed by atoms with E-state index in [0.29, 0.717) is 50.9 Å². The minimum absolute atomic E-state index is 0.0512. The molecule has 3 aromatic heterocycles. The molecule has 0 unspecified atom stereocenters. The summed E-state index contributed by atoms with van der Waals surface area (Å²) in [5.41, 5.74) is 8.49. The van der Waals surface area contributed by atoms with Crippen molar-refractivity contribution in [3.05, 3.63) is 101 Å². The van der Waals surface area contributed by atoms with Crippen LogP contribution in [-0.4, -0.2) is 67.5 Å². The number of hydrogen-bond donors (Lipinski definition) is 3. The highest BCUT2D eigenvalue weighted by molar-refractivity contribution is 5.99. The second-order valence-electron chi connectivity index (χ2n) is 13.2. The number of carbonyl (C=O) groups is 5. The topological polar surface area (TPSA) is 168 Å². The highest BCUT2D eigenvalue weighted by Gasteiger charge is 2.26. The Morgan fingerprint density at radius 2 is 1.76 bits per heavy atom. The van der Waals surface area contributed by atoms with Gasteiger partial charge in [-0.25, -0.2) is 4.98 Å². The lowest BCUT2D eigenvalue weighted by Crippen LogP contribution is -2.37. The van der Waals surface area contributed by atoms with Crippen LogP contribution in [-0.2, 0) is 45.2 Å². The molecule has 0 aliphatic carbocycles. The molecule has 1 saturated heterocycles. The number of amides is 5.